The highest BCUT2D eigenvalue weighted by Gasteiger charge is 2.40. The number of carbonyl (C=O) groups excluding carboxylic acids is 1. The van der Waals surface area contributed by atoms with Gasteiger partial charge in [-0.2, -0.15) is 5.10 Å². The molecule has 0 aromatic heterocycles. The lowest BCUT2D eigenvalue weighted by Crippen LogP contribution is -2.40. The fourth-order valence-electron chi connectivity index (χ4n) is 4.54. The third kappa shape index (κ3) is 4.83. The Hall–Kier alpha value is -2.24. The van der Waals surface area contributed by atoms with E-state index in [4.69, 9.17) is 28.3 Å². The average molecular weight is 460 g/mol. The molecule has 4 rings (SSSR count). The topological polar surface area (TPSA) is 64.9 Å². The Kier molecular flexibility index (Phi) is 6.73. The van der Waals surface area contributed by atoms with Gasteiger partial charge >= 0.3 is 0 Å². The highest BCUT2D eigenvalue weighted by Crippen LogP contribution is 2.42. The van der Waals surface area contributed by atoms with Crippen LogP contribution in [0.1, 0.15) is 57.1 Å². The molecule has 0 unspecified atom stereocenters. The van der Waals surface area contributed by atoms with E-state index in [2.05, 4.69) is 5.32 Å². The van der Waals surface area contributed by atoms with Gasteiger partial charge in [0.15, 0.2) is 0 Å². The van der Waals surface area contributed by atoms with Crippen molar-refractivity contribution in [2.75, 3.05) is 5.01 Å². The SMILES string of the molecule is C[C@H]1C(C(=O)NC2CCCCCC2)=NN(c2ccc(Cl)cc2Cl)[C@@H]1c1ccc(O)cc1. The van der Waals surface area contributed by atoms with Crippen LogP contribution in [-0.4, -0.2) is 22.8 Å². The molecule has 2 N–H and O–H groups in total. The zero-order valence-electron chi connectivity index (χ0n) is 17.5. The standard InChI is InChI=1S/C24H27Cl2N3O2/c1-15-22(24(31)27-18-6-4-2-3-5-7-18)28-29(21-13-10-17(25)14-20(21)26)23(15)16-8-11-19(30)12-9-16/h8-15,18,23,30H,2-7H2,1H3,(H,27,31)/t15-,23-/m0/s1. The molecule has 0 radical (unpaired) electrons. The quantitative estimate of drug-likeness (QED) is 0.543. The van der Waals surface area contributed by atoms with Crippen molar-refractivity contribution in [3.63, 3.8) is 0 Å². The number of aromatic hydroxyl groups is 1. The molecule has 164 valence electrons. The molecule has 0 spiro atoms. The van der Waals surface area contributed by atoms with Gasteiger partial charge in [0.05, 0.1) is 16.8 Å². The first-order valence-corrected chi connectivity index (χ1v) is 11.6. The van der Waals surface area contributed by atoms with Crippen molar-refractivity contribution in [3.05, 3.63) is 58.1 Å². The summed E-state index contributed by atoms with van der Waals surface area (Å²) in [5.74, 6) is -0.0875. The fraction of sp³-hybridized carbons (Fsp3) is 0.417. The van der Waals surface area contributed by atoms with Crippen molar-refractivity contribution in [1.82, 2.24) is 5.32 Å². The minimum absolute atomic E-state index is 0.115. The predicted octanol–water partition coefficient (Wildman–Crippen LogP) is 6.09. The molecule has 1 heterocycles. The van der Waals surface area contributed by atoms with Crippen LogP contribution in [0.4, 0.5) is 5.69 Å². The minimum Gasteiger partial charge on any atom is -0.508 e. The number of hydrazone groups is 1. The maximum absolute atomic E-state index is 13.2. The lowest BCUT2D eigenvalue weighted by molar-refractivity contribution is -0.115. The summed E-state index contributed by atoms with van der Waals surface area (Å²) in [6.45, 7) is 2.01. The Labute approximate surface area is 193 Å². The number of hydrogen-bond donors (Lipinski definition) is 2. The van der Waals surface area contributed by atoms with Crippen molar-refractivity contribution in [2.24, 2.45) is 11.0 Å². The summed E-state index contributed by atoms with van der Waals surface area (Å²) in [5.41, 5.74) is 2.12. The van der Waals surface area contributed by atoms with Crippen LogP contribution in [0.3, 0.4) is 0 Å². The Bertz CT molecular complexity index is 969. The normalized spacial score (nSPS) is 22.2. The number of halogens is 2. The van der Waals surface area contributed by atoms with E-state index in [0.717, 1.165) is 31.2 Å². The second kappa shape index (κ2) is 9.49. The van der Waals surface area contributed by atoms with Crippen LogP contribution < -0.4 is 10.3 Å². The third-order valence-corrected chi connectivity index (χ3v) is 6.74. The summed E-state index contributed by atoms with van der Waals surface area (Å²) in [7, 11) is 0. The first-order chi connectivity index (χ1) is 14.9. The molecule has 2 aromatic rings. The Balaban J connectivity index is 1.66. The first kappa shape index (κ1) is 22.0. The number of phenolic OH excluding ortho intramolecular Hbond substituents is 1. The van der Waals surface area contributed by atoms with Gasteiger partial charge in [-0.1, -0.05) is 67.9 Å². The van der Waals surface area contributed by atoms with Crippen molar-refractivity contribution in [2.45, 2.75) is 57.5 Å². The summed E-state index contributed by atoms with van der Waals surface area (Å²) >= 11 is 12.6. The van der Waals surface area contributed by atoms with Gasteiger partial charge in [0.25, 0.3) is 5.91 Å². The molecule has 1 fully saturated rings. The molecule has 1 saturated carbocycles. The van der Waals surface area contributed by atoms with E-state index < -0.39 is 0 Å². The molecule has 2 atom stereocenters. The number of benzene rings is 2. The van der Waals surface area contributed by atoms with Crippen molar-refractivity contribution in [1.29, 1.82) is 0 Å². The van der Waals surface area contributed by atoms with Crippen LogP contribution in [-0.2, 0) is 4.79 Å². The smallest absolute Gasteiger partial charge is 0.268 e. The molecule has 0 bridgehead atoms. The Morgan fingerprint density at radius 3 is 2.39 bits per heavy atom. The van der Waals surface area contributed by atoms with E-state index in [-0.39, 0.29) is 29.7 Å². The second-order valence-corrected chi connectivity index (χ2v) is 9.26. The number of rotatable bonds is 4. The molecule has 2 aromatic carbocycles. The largest absolute Gasteiger partial charge is 0.508 e. The lowest BCUT2D eigenvalue weighted by atomic mass is 9.90. The maximum atomic E-state index is 13.2. The number of nitrogens with one attached hydrogen (secondary N) is 1. The average Bonchev–Trinajstić information content (AvgIpc) is 2.89. The molecule has 1 aliphatic heterocycles. The van der Waals surface area contributed by atoms with Crippen molar-refractivity contribution in [3.8, 4) is 5.75 Å². The third-order valence-electron chi connectivity index (χ3n) is 6.20. The monoisotopic (exact) mass is 459 g/mol. The summed E-state index contributed by atoms with van der Waals surface area (Å²) in [6, 6.07) is 12.2. The zero-order valence-corrected chi connectivity index (χ0v) is 19.0. The number of carbonyl (C=O) groups is 1. The Morgan fingerprint density at radius 1 is 1.06 bits per heavy atom. The van der Waals surface area contributed by atoms with E-state index in [1.807, 2.05) is 25.1 Å². The van der Waals surface area contributed by atoms with Gasteiger partial charge < -0.3 is 10.4 Å². The van der Waals surface area contributed by atoms with Gasteiger partial charge in [-0.25, -0.2) is 0 Å². The molecule has 1 aliphatic carbocycles. The molecule has 7 heteroatoms. The summed E-state index contributed by atoms with van der Waals surface area (Å²) < 4.78 is 0. The van der Waals surface area contributed by atoms with Crippen molar-refractivity contribution >= 4 is 40.5 Å². The van der Waals surface area contributed by atoms with E-state index in [1.54, 1.807) is 29.3 Å². The minimum atomic E-state index is -0.228. The van der Waals surface area contributed by atoms with Gasteiger partial charge in [-0.05, 0) is 48.7 Å². The van der Waals surface area contributed by atoms with Gasteiger partial charge in [0.2, 0.25) is 0 Å². The van der Waals surface area contributed by atoms with Crippen molar-refractivity contribution < 1.29 is 9.90 Å². The van der Waals surface area contributed by atoms with Crippen LogP contribution in [0, 0.1) is 5.92 Å². The van der Waals surface area contributed by atoms with E-state index in [1.165, 1.54) is 12.8 Å². The number of phenols is 1. The van der Waals surface area contributed by atoms with Crippen LogP contribution in [0.25, 0.3) is 0 Å². The molecular weight excluding hydrogens is 433 g/mol. The highest BCUT2D eigenvalue weighted by atomic mass is 35.5. The maximum Gasteiger partial charge on any atom is 0.268 e. The molecule has 0 saturated heterocycles. The number of nitrogens with zero attached hydrogens (tertiary/aromatic N) is 2. The molecular formula is C24H27Cl2N3O2. The number of amides is 1. The fourth-order valence-corrected chi connectivity index (χ4v) is 5.03. The summed E-state index contributed by atoms with van der Waals surface area (Å²) in [4.78, 5) is 13.2. The van der Waals surface area contributed by atoms with E-state index in [0.29, 0.717) is 21.4 Å². The van der Waals surface area contributed by atoms with Crippen LogP contribution in [0.15, 0.2) is 47.6 Å². The summed E-state index contributed by atoms with van der Waals surface area (Å²) in [6.07, 6.45) is 6.79. The lowest BCUT2D eigenvalue weighted by Gasteiger charge is -2.27. The van der Waals surface area contributed by atoms with Gasteiger partial charge in [0, 0.05) is 17.0 Å². The zero-order chi connectivity index (χ0) is 22.0. The predicted molar refractivity (Wildman–Crippen MR) is 126 cm³/mol. The molecule has 31 heavy (non-hydrogen) atoms. The van der Waals surface area contributed by atoms with E-state index >= 15 is 0 Å². The molecule has 5 nitrogen and oxygen atoms in total. The van der Waals surface area contributed by atoms with E-state index in [9.17, 15) is 9.90 Å². The van der Waals surface area contributed by atoms with Crippen LogP contribution in [0.5, 0.6) is 5.75 Å². The second-order valence-electron chi connectivity index (χ2n) is 8.41. The van der Waals surface area contributed by atoms with Gasteiger partial charge in [-0.15, -0.1) is 0 Å². The Morgan fingerprint density at radius 2 is 1.74 bits per heavy atom. The number of hydrogen-bond acceptors (Lipinski definition) is 4. The molecule has 1 amide bonds. The first-order valence-electron chi connectivity index (χ1n) is 10.9. The number of anilines is 1. The van der Waals surface area contributed by atoms with Crippen LogP contribution >= 0.6 is 23.2 Å². The van der Waals surface area contributed by atoms with Crippen LogP contribution in [0.2, 0.25) is 10.0 Å². The molecule has 2 aliphatic rings. The van der Waals surface area contributed by atoms with Gasteiger partial charge in [-0.3, -0.25) is 9.80 Å². The highest BCUT2D eigenvalue weighted by molar-refractivity contribution is 6.41. The summed E-state index contributed by atoms with van der Waals surface area (Å²) in [5, 5.41) is 20.5. The van der Waals surface area contributed by atoms with Gasteiger partial charge in [0.1, 0.15) is 11.5 Å².